The van der Waals surface area contributed by atoms with Crippen LogP contribution in [0.1, 0.15) is 23.9 Å². The van der Waals surface area contributed by atoms with Crippen molar-refractivity contribution < 1.29 is 14.1 Å². The van der Waals surface area contributed by atoms with Crippen LogP contribution in [0.25, 0.3) is 11.4 Å². The fourth-order valence-electron chi connectivity index (χ4n) is 2.57. The Morgan fingerprint density at radius 3 is 2.86 bits per heavy atom. The summed E-state index contributed by atoms with van der Waals surface area (Å²) in [5.41, 5.74) is 3.81. The highest BCUT2D eigenvalue weighted by atomic mass is 32.2. The van der Waals surface area contributed by atoms with Crippen LogP contribution in [0.15, 0.2) is 47.0 Å². The predicted octanol–water partition coefficient (Wildman–Crippen LogP) is 4.62. The molecule has 1 aromatic heterocycles. The maximum atomic E-state index is 12.5. The van der Waals surface area contributed by atoms with Crippen molar-refractivity contribution in [3.05, 3.63) is 59.5 Å². The third-order valence-corrected chi connectivity index (χ3v) is 5.40. The quantitative estimate of drug-likeness (QED) is 0.627. The van der Waals surface area contributed by atoms with Gasteiger partial charge in [0.25, 0.3) is 0 Å². The molecule has 0 aliphatic carbocycles. The maximum absolute atomic E-state index is 12.5. The van der Waals surface area contributed by atoms with Gasteiger partial charge in [0.05, 0.1) is 18.1 Å². The van der Waals surface area contributed by atoms with E-state index in [1.165, 1.54) is 11.8 Å². The van der Waals surface area contributed by atoms with Crippen LogP contribution in [0.2, 0.25) is 0 Å². The Hall–Kier alpha value is -2.80. The molecule has 3 aromatic rings. The lowest BCUT2D eigenvalue weighted by molar-refractivity contribution is -0.115. The Labute approximate surface area is 168 Å². The van der Waals surface area contributed by atoms with Gasteiger partial charge in [0.15, 0.2) is 0 Å². The molecule has 146 valence electrons. The van der Waals surface area contributed by atoms with Crippen LogP contribution in [-0.2, 0) is 10.5 Å². The summed E-state index contributed by atoms with van der Waals surface area (Å²) in [7, 11) is 1.61. The fourth-order valence-corrected chi connectivity index (χ4v) is 3.29. The largest absolute Gasteiger partial charge is 0.497 e. The highest BCUT2D eigenvalue weighted by Crippen LogP contribution is 2.24. The molecule has 1 atom stereocenters. The minimum absolute atomic E-state index is 0.0498. The number of thioether (sulfide) groups is 1. The second kappa shape index (κ2) is 8.93. The second-order valence-electron chi connectivity index (χ2n) is 6.50. The Bertz CT molecular complexity index is 971. The number of amides is 1. The first kappa shape index (κ1) is 19.9. The lowest BCUT2D eigenvalue weighted by Crippen LogP contribution is -2.23. The molecule has 0 aliphatic heterocycles. The first-order valence-corrected chi connectivity index (χ1v) is 9.98. The Balaban J connectivity index is 1.58. The normalized spacial score (nSPS) is 11.9. The van der Waals surface area contributed by atoms with Gasteiger partial charge in [0.2, 0.25) is 17.6 Å². The maximum Gasteiger partial charge on any atom is 0.237 e. The summed E-state index contributed by atoms with van der Waals surface area (Å²) in [5.74, 6) is 2.12. The Morgan fingerprint density at radius 2 is 2.07 bits per heavy atom. The number of rotatable bonds is 7. The van der Waals surface area contributed by atoms with Crippen LogP contribution in [0, 0.1) is 13.8 Å². The van der Waals surface area contributed by atoms with Gasteiger partial charge in [-0.15, -0.1) is 11.8 Å². The summed E-state index contributed by atoms with van der Waals surface area (Å²) >= 11 is 1.45. The summed E-state index contributed by atoms with van der Waals surface area (Å²) in [6, 6.07) is 13.5. The van der Waals surface area contributed by atoms with Crippen molar-refractivity contribution in [1.82, 2.24) is 10.1 Å². The van der Waals surface area contributed by atoms with Gasteiger partial charge < -0.3 is 14.6 Å². The number of carbonyl (C=O) groups is 1. The number of carbonyl (C=O) groups excluding carboxylic acids is 1. The van der Waals surface area contributed by atoms with E-state index in [1.807, 2.05) is 63.2 Å². The minimum atomic E-state index is -0.257. The van der Waals surface area contributed by atoms with E-state index in [9.17, 15) is 4.79 Å². The average molecular weight is 398 g/mol. The highest BCUT2D eigenvalue weighted by molar-refractivity contribution is 7.99. The molecule has 2 aromatic carbocycles. The van der Waals surface area contributed by atoms with Crippen molar-refractivity contribution in [1.29, 1.82) is 0 Å². The van der Waals surface area contributed by atoms with E-state index < -0.39 is 0 Å². The fraction of sp³-hybridized carbons (Fsp3) is 0.286. The molecule has 6 nitrogen and oxygen atoms in total. The number of nitrogens with one attached hydrogen (secondary N) is 1. The molecule has 1 heterocycles. The van der Waals surface area contributed by atoms with Crippen molar-refractivity contribution in [2.75, 3.05) is 12.4 Å². The van der Waals surface area contributed by atoms with Crippen molar-refractivity contribution in [2.45, 2.75) is 31.8 Å². The zero-order valence-electron chi connectivity index (χ0n) is 16.4. The predicted molar refractivity (Wildman–Crippen MR) is 112 cm³/mol. The second-order valence-corrected chi connectivity index (χ2v) is 7.83. The molecule has 0 aliphatic rings. The Kier molecular flexibility index (Phi) is 6.36. The smallest absolute Gasteiger partial charge is 0.237 e. The van der Waals surface area contributed by atoms with E-state index in [0.717, 1.165) is 28.1 Å². The zero-order chi connectivity index (χ0) is 20.1. The van der Waals surface area contributed by atoms with Crippen LogP contribution in [0.3, 0.4) is 0 Å². The summed E-state index contributed by atoms with van der Waals surface area (Å²) in [5, 5.41) is 6.75. The van der Waals surface area contributed by atoms with Crippen molar-refractivity contribution in [3.8, 4) is 17.1 Å². The number of aryl methyl sites for hydroxylation is 2. The molecule has 1 amide bonds. The van der Waals surface area contributed by atoms with Crippen molar-refractivity contribution in [3.63, 3.8) is 0 Å². The minimum Gasteiger partial charge on any atom is -0.497 e. The van der Waals surface area contributed by atoms with Gasteiger partial charge >= 0.3 is 0 Å². The van der Waals surface area contributed by atoms with Crippen LogP contribution in [0.4, 0.5) is 5.69 Å². The van der Waals surface area contributed by atoms with Crippen molar-refractivity contribution in [2.24, 2.45) is 0 Å². The van der Waals surface area contributed by atoms with Gasteiger partial charge in [-0.2, -0.15) is 4.98 Å². The van der Waals surface area contributed by atoms with E-state index in [-0.39, 0.29) is 11.2 Å². The first-order chi connectivity index (χ1) is 13.5. The molecule has 1 N–H and O–H groups in total. The summed E-state index contributed by atoms with van der Waals surface area (Å²) in [4.78, 5) is 16.9. The van der Waals surface area contributed by atoms with Crippen LogP contribution in [0.5, 0.6) is 5.75 Å². The topological polar surface area (TPSA) is 77.2 Å². The van der Waals surface area contributed by atoms with E-state index in [0.29, 0.717) is 17.5 Å². The lowest BCUT2D eigenvalue weighted by atomic mass is 10.1. The number of hydrogen-bond donors (Lipinski definition) is 1. The van der Waals surface area contributed by atoms with Crippen LogP contribution >= 0.6 is 11.8 Å². The van der Waals surface area contributed by atoms with Gasteiger partial charge in [-0.3, -0.25) is 4.79 Å². The molecule has 0 saturated heterocycles. The van der Waals surface area contributed by atoms with E-state index >= 15 is 0 Å². The number of methoxy groups -OCH3 is 1. The molecule has 0 fully saturated rings. The van der Waals surface area contributed by atoms with E-state index in [1.54, 1.807) is 7.11 Å². The monoisotopic (exact) mass is 397 g/mol. The SMILES string of the molecule is COc1cccc(-c2noc(CSC(C)C(=O)Nc3cc(C)ccc3C)n2)c1. The first-order valence-electron chi connectivity index (χ1n) is 8.93. The highest BCUT2D eigenvalue weighted by Gasteiger charge is 2.17. The van der Waals surface area contributed by atoms with Gasteiger partial charge in [-0.25, -0.2) is 0 Å². The zero-order valence-corrected chi connectivity index (χ0v) is 17.2. The van der Waals surface area contributed by atoms with Crippen molar-refractivity contribution >= 4 is 23.4 Å². The van der Waals surface area contributed by atoms with Gasteiger partial charge in [0.1, 0.15) is 5.75 Å². The van der Waals surface area contributed by atoms with E-state index in [2.05, 4.69) is 15.5 Å². The molecule has 7 heteroatoms. The molecule has 1 unspecified atom stereocenters. The standard InChI is InChI=1S/C21H23N3O3S/c1-13-8-9-14(2)18(10-13)22-21(25)15(3)28-12-19-23-20(24-27-19)16-6-5-7-17(11-16)26-4/h5-11,15H,12H2,1-4H3,(H,22,25). The van der Waals surface area contributed by atoms with Gasteiger partial charge in [-0.05, 0) is 50.1 Å². The van der Waals surface area contributed by atoms with Crippen LogP contribution in [-0.4, -0.2) is 28.4 Å². The summed E-state index contributed by atoms with van der Waals surface area (Å²) in [6.07, 6.45) is 0. The van der Waals surface area contributed by atoms with Gasteiger partial charge in [-0.1, -0.05) is 29.4 Å². The molecule has 0 bridgehead atoms. The van der Waals surface area contributed by atoms with Gasteiger partial charge in [0, 0.05) is 11.3 Å². The third-order valence-electron chi connectivity index (χ3n) is 4.27. The summed E-state index contributed by atoms with van der Waals surface area (Å²) in [6.45, 7) is 5.85. The number of anilines is 1. The number of nitrogens with zero attached hydrogens (tertiary/aromatic N) is 2. The number of hydrogen-bond acceptors (Lipinski definition) is 6. The molecule has 28 heavy (non-hydrogen) atoms. The number of benzene rings is 2. The molecular weight excluding hydrogens is 374 g/mol. The molecule has 0 spiro atoms. The average Bonchev–Trinajstić information content (AvgIpc) is 3.18. The number of aromatic nitrogens is 2. The molecule has 0 radical (unpaired) electrons. The molecule has 0 saturated carbocycles. The Morgan fingerprint density at radius 1 is 1.25 bits per heavy atom. The third kappa shape index (κ3) is 4.92. The lowest BCUT2D eigenvalue weighted by Gasteiger charge is -2.13. The number of ether oxygens (including phenoxy) is 1. The molecular formula is C21H23N3O3S. The van der Waals surface area contributed by atoms with E-state index in [4.69, 9.17) is 9.26 Å². The summed E-state index contributed by atoms with van der Waals surface area (Å²) < 4.78 is 10.5. The van der Waals surface area contributed by atoms with Crippen LogP contribution < -0.4 is 10.1 Å². The molecule has 3 rings (SSSR count).